The normalized spacial score (nSPS) is 11.1. The van der Waals surface area contributed by atoms with Gasteiger partial charge >= 0.3 is 0 Å². The predicted octanol–water partition coefficient (Wildman–Crippen LogP) is 1.76. The van der Waals surface area contributed by atoms with Crippen LogP contribution in [-0.4, -0.2) is 25.8 Å². The Morgan fingerprint density at radius 3 is 2.77 bits per heavy atom. The number of rotatable bonds is 4. The summed E-state index contributed by atoms with van der Waals surface area (Å²) in [6, 6.07) is 0. The maximum Gasteiger partial charge on any atom is 0.240 e. The van der Waals surface area contributed by atoms with Crippen LogP contribution in [0.2, 0.25) is 0 Å². The molecule has 0 saturated heterocycles. The van der Waals surface area contributed by atoms with E-state index < -0.39 is 0 Å². The van der Waals surface area contributed by atoms with Crippen LogP contribution in [0.25, 0.3) is 0 Å². The summed E-state index contributed by atoms with van der Waals surface area (Å²) in [6.45, 7) is 5.19. The van der Waals surface area contributed by atoms with E-state index in [2.05, 4.69) is 39.9 Å². The van der Waals surface area contributed by atoms with Gasteiger partial charge < -0.3 is 5.73 Å². The number of halogens is 1. The van der Waals surface area contributed by atoms with E-state index in [9.17, 15) is 0 Å². The van der Waals surface area contributed by atoms with Gasteiger partial charge in [-0.3, -0.25) is 0 Å². The first-order chi connectivity index (χ1) is 6.09. The molecule has 0 spiro atoms. The predicted molar refractivity (Wildman–Crippen MR) is 59.7 cm³/mol. The fraction of sp³-hybridized carbons (Fsp3) is 0.714. The lowest BCUT2D eigenvalue weighted by atomic mass is 10.6. The number of nitrogens with zero attached hydrogens (tertiary/aromatic N) is 3. The molecule has 74 valence electrons. The van der Waals surface area contributed by atoms with Gasteiger partial charge in [-0.15, -0.1) is 5.10 Å². The molecule has 13 heavy (non-hydrogen) atoms. The van der Waals surface area contributed by atoms with Crippen molar-refractivity contribution in [2.75, 3.05) is 11.5 Å². The first kappa shape index (κ1) is 10.8. The van der Waals surface area contributed by atoms with Crippen molar-refractivity contribution in [2.45, 2.75) is 25.6 Å². The first-order valence-electron chi connectivity index (χ1n) is 4.07. The van der Waals surface area contributed by atoms with E-state index in [1.165, 1.54) is 0 Å². The minimum absolute atomic E-state index is 0.321. The molecule has 0 aromatic carbocycles. The number of nitrogen functional groups attached to an aromatic ring is 1. The third kappa shape index (κ3) is 3.56. The molecular formula is C7H13BrN4S. The molecule has 4 nitrogen and oxygen atoms in total. The minimum atomic E-state index is 0.321. The molecule has 1 rings (SSSR count). The van der Waals surface area contributed by atoms with Crippen molar-refractivity contribution in [1.29, 1.82) is 0 Å². The number of hydrogen-bond acceptors (Lipinski definition) is 4. The van der Waals surface area contributed by atoms with Crippen molar-refractivity contribution in [3.8, 4) is 0 Å². The fourth-order valence-corrected chi connectivity index (χ4v) is 2.04. The van der Waals surface area contributed by atoms with Gasteiger partial charge in [0.25, 0.3) is 0 Å². The Hall–Kier alpha value is -0.230. The number of anilines is 1. The monoisotopic (exact) mass is 264 g/mol. The largest absolute Gasteiger partial charge is 0.366 e. The highest BCUT2D eigenvalue weighted by Gasteiger charge is 2.04. The van der Waals surface area contributed by atoms with E-state index in [4.69, 9.17) is 5.73 Å². The number of nitrogens with two attached hydrogens (primary N) is 1. The van der Waals surface area contributed by atoms with Crippen LogP contribution in [0, 0.1) is 0 Å². The second-order valence-electron chi connectivity index (χ2n) is 2.88. The summed E-state index contributed by atoms with van der Waals surface area (Å²) in [5.41, 5.74) is 5.43. The molecule has 0 aliphatic rings. The lowest BCUT2D eigenvalue weighted by molar-refractivity contribution is 0.650. The van der Waals surface area contributed by atoms with Gasteiger partial charge in [-0.05, 0) is 21.2 Å². The number of thioether (sulfide) groups is 1. The third-order valence-electron chi connectivity index (χ3n) is 1.40. The highest BCUT2D eigenvalue weighted by atomic mass is 79.9. The molecule has 0 amide bonds. The van der Waals surface area contributed by atoms with E-state index in [0.717, 1.165) is 12.3 Å². The van der Waals surface area contributed by atoms with E-state index in [1.807, 2.05) is 11.8 Å². The molecule has 1 aromatic heterocycles. The zero-order valence-electron chi connectivity index (χ0n) is 7.70. The van der Waals surface area contributed by atoms with Crippen LogP contribution in [0.15, 0.2) is 4.73 Å². The summed E-state index contributed by atoms with van der Waals surface area (Å²) < 4.78 is 2.47. The Labute approximate surface area is 90.4 Å². The Morgan fingerprint density at radius 2 is 2.31 bits per heavy atom. The van der Waals surface area contributed by atoms with Crippen molar-refractivity contribution >= 4 is 33.6 Å². The highest BCUT2D eigenvalue weighted by molar-refractivity contribution is 9.10. The molecule has 0 radical (unpaired) electrons. The zero-order chi connectivity index (χ0) is 9.84. The van der Waals surface area contributed by atoms with Crippen molar-refractivity contribution in [1.82, 2.24) is 14.8 Å². The fourth-order valence-electron chi connectivity index (χ4n) is 0.857. The Morgan fingerprint density at radius 1 is 1.62 bits per heavy atom. The van der Waals surface area contributed by atoms with Crippen molar-refractivity contribution < 1.29 is 0 Å². The zero-order valence-corrected chi connectivity index (χ0v) is 10.1. The average Bonchev–Trinajstić information content (AvgIpc) is 2.29. The molecule has 0 saturated carbocycles. The van der Waals surface area contributed by atoms with Crippen LogP contribution in [0.3, 0.4) is 0 Å². The molecular weight excluding hydrogens is 252 g/mol. The van der Waals surface area contributed by atoms with Crippen LogP contribution in [-0.2, 0) is 6.54 Å². The lowest BCUT2D eigenvalue weighted by Crippen LogP contribution is -2.05. The van der Waals surface area contributed by atoms with Crippen LogP contribution < -0.4 is 5.73 Å². The van der Waals surface area contributed by atoms with Gasteiger partial charge in [-0.1, -0.05) is 13.8 Å². The van der Waals surface area contributed by atoms with Gasteiger partial charge in [0.05, 0.1) is 6.54 Å². The Bertz CT molecular complexity index is 273. The maximum atomic E-state index is 5.43. The number of hydrogen-bond donors (Lipinski definition) is 1. The molecule has 1 heterocycles. The molecule has 0 atom stereocenters. The standard InChI is InChI=1S/C7H13BrN4S/c1-5(2)13-4-3-12-6(8)10-7(9)11-12/h5H,3-4H2,1-2H3,(H2,9,11). The first-order valence-corrected chi connectivity index (χ1v) is 5.91. The van der Waals surface area contributed by atoms with Crippen LogP contribution in [0.5, 0.6) is 0 Å². The van der Waals surface area contributed by atoms with Crippen LogP contribution in [0.4, 0.5) is 5.95 Å². The quantitative estimate of drug-likeness (QED) is 0.901. The average molecular weight is 265 g/mol. The molecule has 0 aliphatic carbocycles. The summed E-state index contributed by atoms with van der Waals surface area (Å²) in [4.78, 5) is 3.95. The van der Waals surface area contributed by atoms with E-state index in [0.29, 0.717) is 15.9 Å². The third-order valence-corrected chi connectivity index (χ3v) is 3.07. The summed E-state index contributed by atoms with van der Waals surface area (Å²) in [5.74, 6) is 1.35. The smallest absolute Gasteiger partial charge is 0.240 e. The number of aromatic nitrogens is 3. The molecule has 0 bridgehead atoms. The molecule has 0 unspecified atom stereocenters. The molecule has 2 N–H and O–H groups in total. The molecule has 0 fully saturated rings. The van der Waals surface area contributed by atoms with Gasteiger partial charge in [0.15, 0.2) is 4.73 Å². The minimum Gasteiger partial charge on any atom is -0.366 e. The van der Waals surface area contributed by atoms with Gasteiger partial charge in [-0.25, -0.2) is 4.68 Å². The number of aryl methyl sites for hydroxylation is 1. The second kappa shape index (κ2) is 4.85. The summed E-state index contributed by atoms with van der Waals surface area (Å²) in [6.07, 6.45) is 0. The van der Waals surface area contributed by atoms with Gasteiger partial charge in [-0.2, -0.15) is 16.7 Å². The Kier molecular flexibility index (Phi) is 4.05. The highest BCUT2D eigenvalue weighted by Crippen LogP contribution is 2.12. The van der Waals surface area contributed by atoms with Gasteiger partial charge in [0, 0.05) is 5.75 Å². The lowest BCUT2D eigenvalue weighted by Gasteiger charge is -2.04. The molecule has 1 aromatic rings. The van der Waals surface area contributed by atoms with E-state index in [-0.39, 0.29) is 0 Å². The van der Waals surface area contributed by atoms with Gasteiger partial charge in [0.2, 0.25) is 5.95 Å². The van der Waals surface area contributed by atoms with Crippen molar-refractivity contribution in [3.63, 3.8) is 0 Å². The molecule has 6 heteroatoms. The van der Waals surface area contributed by atoms with Crippen molar-refractivity contribution in [3.05, 3.63) is 4.73 Å². The Balaban J connectivity index is 2.40. The van der Waals surface area contributed by atoms with Crippen LogP contribution in [0.1, 0.15) is 13.8 Å². The SMILES string of the molecule is CC(C)SCCn1nc(N)nc1Br. The topological polar surface area (TPSA) is 56.7 Å². The second-order valence-corrected chi connectivity index (χ2v) is 5.28. The van der Waals surface area contributed by atoms with E-state index >= 15 is 0 Å². The van der Waals surface area contributed by atoms with E-state index in [1.54, 1.807) is 4.68 Å². The summed E-state index contributed by atoms with van der Waals surface area (Å²) >= 11 is 5.18. The maximum absolute atomic E-state index is 5.43. The van der Waals surface area contributed by atoms with Crippen LogP contribution >= 0.6 is 27.7 Å². The summed E-state index contributed by atoms with van der Waals surface area (Å²) in [7, 11) is 0. The van der Waals surface area contributed by atoms with Gasteiger partial charge in [0.1, 0.15) is 0 Å². The summed E-state index contributed by atoms with van der Waals surface area (Å²) in [5, 5.41) is 4.68. The van der Waals surface area contributed by atoms with Crippen molar-refractivity contribution in [2.24, 2.45) is 0 Å². The molecule has 0 aliphatic heterocycles.